The van der Waals surface area contributed by atoms with Crippen LogP contribution in [0.2, 0.25) is 0 Å². The van der Waals surface area contributed by atoms with Gasteiger partial charge < -0.3 is 5.32 Å². The summed E-state index contributed by atoms with van der Waals surface area (Å²) in [5.74, 6) is -0.962. The van der Waals surface area contributed by atoms with E-state index in [1.165, 1.54) is 11.8 Å². The van der Waals surface area contributed by atoms with E-state index in [0.29, 0.717) is 5.69 Å². The van der Waals surface area contributed by atoms with Crippen molar-refractivity contribution < 1.29 is 18.0 Å². The van der Waals surface area contributed by atoms with E-state index in [4.69, 9.17) is 0 Å². The number of piperazine rings is 1. The van der Waals surface area contributed by atoms with Crippen LogP contribution in [0.5, 0.6) is 0 Å². The first-order valence-electron chi connectivity index (χ1n) is 10.3. The Morgan fingerprint density at radius 3 is 2.29 bits per heavy atom. The molecule has 1 aliphatic rings. The number of amides is 2. The highest BCUT2D eigenvalue weighted by Gasteiger charge is 2.50. The summed E-state index contributed by atoms with van der Waals surface area (Å²) in [6.07, 6.45) is 0. The molecule has 1 heterocycles. The second-order valence-electron chi connectivity index (χ2n) is 8.19. The summed E-state index contributed by atoms with van der Waals surface area (Å²) in [5, 5.41) is 2.89. The average Bonchev–Trinajstić information content (AvgIpc) is 2.71. The van der Waals surface area contributed by atoms with Gasteiger partial charge >= 0.3 is 0 Å². The highest BCUT2D eigenvalue weighted by Crippen LogP contribution is 2.32. The van der Waals surface area contributed by atoms with Crippen molar-refractivity contribution in [3.8, 4) is 0 Å². The van der Waals surface area contributed by atoms with Crippen molar-refractivity contribution in [1.82, 2.24) is 9.62 Å². The minimum Gasteiger partial charge on any atom is -0.350 e. The number of aryl methyl sites for hydroxylation is 2. The maximum Gasteiger partial charge on any atom is 0.247 e. The van der Waals surface area contributed by atoms with Crippen molar-refractivity contribution in [2.45, 2.75) is 39.8 Å². The molecule has 7 nitrogen and oxygen atoms in total. The van der Waals surface area contributed by atoms with Gasteiger partial charge in [0.2, 0.25) is 21.8 Å². The molecule has 31 heavy (non-hydrogen) atoms. The van der Waals surface area contributed by atoms with Gasteiger partial charge in [-0.15, -0.1) is 0 Å². The summed E-state index contributed by atoms with van der Waals surface area (Å²) in [6, 6.07) is 15.1. The summed E-state index contributed by atoms with van der Waals surface area (Å²) in [4.78, 5) is 28.1. The van der Waals surface area contributed by atoms with Gasteiger partial charge in [0.05, 0.1) is 12.3 Å². The Labute approximate surface area is 184 Å². The fourth-order valence-electron chi connectivity index (χ4n) is 4.00. The van der Waals surface area contributed by atoms with E-state index in [2.05, 4.69) is 5.32 Å². The molecular weight excluding hydrogens is 414 g/mol. The van der Waals surface area contributed by atoms with Gasteiger partial charge in [-0.3, -0.25) is 14.5 Å². The smallest absolute Gasteiger partial charge is 0.247 e. The highest BCUT2D eigenvalue weighted by molar-refractivity contribution is 7.89. The quantitative estimate of drug-likeness (QED) is 0.743. The van der Waals surface area contributed by atoms with Gasteiger partial charge in [-0.1, -0.05) is 36.4 Å². The van der Waals surface area contributed by atoms with Crippen LogP contribution in [0.25, 0.3) is 0 Å². The van der Waals surface area contributed by atoms with E-state index in [1.54, 1.807) is 6.92 Å². The topological polar surface area (TPSA) is 86.8 Å². The number of hydrogen-bond acceptors (Lipinski definition) is 4. The van der Waals surface area contributed by atoms with Crippen molar-refractivity contribution in [2.24, 2.45) is 0 Å². The molecule has 2 aromatic carbocycles. The number of benzene rings is 2. The zero-order valence-corrected chi connectivity index (χ0v) is 19.2. The molecule has 0 aliphatic carbocycles. The molecule has 166 valence electrons. The van der Waals surface area contributed by atoms with Crippen LogP contribution in [-0.4, -0.2) is 48.9 Å². The minimum atomic E-state index is -3.64. The van der Waals surface area contributed by atoms with Crippen LogP contribution in [0.4, 0.5) is 5.69 Å². The molecule has 1 fully saturated rings. The normalized spacial score (nSPS) is 20.0. The largest absolute Gasteiger partial charge is 0.350 e. The summed E-state index contributed by atoms with van der Waals surface area (Å²) in [7, 11) is -3.64. The van der Waals surface area contributed by atoms with Gasteiger partial charge in [-0.05, 0) is 56.5 Å². The number of rotatable bonds is 6. The third-order valence-corrected chi connectivity index (χ3v) is 7.32. The van der Waals surface area contributed by atoms with Crippen molar-refractivity contribution in [3.05, 3.63) is 65.2 Å². The SMILES string of the molecule is CCS(=O)(=O)N1CC(=O)N(c2cc(C)cc(C)c2)[C@](C)(C(=O)NCc2ccccc2)C1. The van der Waals surface area contributed by atoms with Crippen molar-refractivity contribution >= 4 is 27.5 Å². The molecule has 0 bridgehead atoms. The van der Waals surface area contributed by atoms with E-state index in [1.807, 2.05) is 62.4 Å². The Morgan fingerprint density at radius 2 is 1.71 bits per heavy atom. The lowest BCUT2D eigenvalue weighted by Crippen LogP contribution is -2.70. The third kappa shape index (κ3) is 4.80. The van der Waals surface area contributed by atoms with E-state index in [9.17, 15) is 18.0 Å². The van der Waals surface area contributed by atoms with Crippen molar-refractivity contribution in [3.63, 3.8) is 0 Å². The lowest BCUT2D eigenvalue weighted by Gasteiger charge is -2.46. The fraction of sp³-hybridized carbons (Fsp3) is 0.391. The molecule has 1 saturated heterocycles. The van der Waals surface area contributed by atoms with Gasteiger partial charge in [0.15, 0.2) is 0 Å². The predicted molar refractivity (Wildman–Crippen MR) is 121 cm³/mol. The van der Waals surface area contributed by atoms with Gasteiger partial charge in [0.1, 0.15) is 5.54 Å². The van der Waals surface area contributed by atoms with Crippen LogP contribution in [0.15, 0.2) is 48.5 Å². The van der Waals surface area contributed by atoms with Crippen LogP contribution < -0.4 is 10.2 Å². The summed E-state index contributed by atoms with van der Waals surface area (Å²) in [6.45, 7) is 6.89. The predicted octanol–water partition coefficient (Wildman–Crippen LogP) is 2.38. The van der Waals surface area contributed by atoms with Gasteiger partial charge in [0, 0.05) is 18.8 Å². The molecule has 8 heteroatoms. The van der Waals surface area contributed by atoms with Gasteiger partial charge in [-0.2, -0.15) is 4.31 Å². The molecule has 0 spiro atoms. The van der Waals surface area contributed by atoms with Crippen molar-refractivity contribution in [1.29, 1.82) is 0 Å². The Morgan fingerprint density at radius 1 is 1.10 bits per heavy atom. The standard InChI is InChI=1S/C23H29N3O4S/c1-5-31(29,30)25-15-21(27)26(20-12-17(2)11-18(3)13-20)23(4,16-25)22(28)24-14-19-9-7-6-8-10-19/h6-13H,5,14-16H2,1-4H3,(H,24,28)/t23-/m0/s1. The Kier molecular flexibility index (Phi) is 6.52. The molecular formula is C23H29N3O4S. The fourth-order valence-corrected chi connectivity index (χ4v) is 5.12. The molecule has 0 radical (unpaired) electrons. The molecule has 0 unspecified atom stereocenters. The maximum atomic E-state index is 13.4. The second-order valence-corrected chi connectivity index (χ2v) is 10.4. The van der Waals surface area contributed by atoms with Gasteiger partial charge in [-0.25, -0.2) is 8.42 Å². The van der Waals surface area contributed by atoms with E-state index < -0.39 is 27.4 Å². The summed E-state index contributed by atoms with van der Waals surface area (Å²) >= 11 is 0. The zero-order valence-electron chi connectivity index (χ0n) is 18.4. The van der Waals surface area contributed by atoms with Crippen LogP contribution in [-0.2, 0) is 26.2 Å². The number of anilines is 1. The first kappa shape index (κ1) is 23.0. The molecule has 1 atom stereocenters. The van der Waals surface area contributed by atoms with Crippen LogP contribution >= 0.6 is 0 Å². The van der Waals surface area contributed by atoms with Crippen molar-refractivity contribution in [2.75, 3.05) is 23.7 Å². The van der Waals surface area contributed by atoms with E-state index >= 15 is 0 Å². The number of sulfonamides is 1. The molecule has 2 aromatic rings. The summed E-state index contributed by atoms with van der Waals surface area (Å²) < 4.78 is 26.3. The molecule has 0 aromatic heterocycles. The second kappa shape index (κ2) is 8.80. The molecule has 1 N–H and O–H groups in total. The number of carbonyl (C=O) groups excluding carboxylic acids is 2. The van der Waals surface area contributed by atoms with Crippen LogP contribution in [0, 0.1) is 13.8 Å². The Balaban J connectivity index is 2.00. The third-order valence-electron chi connectivity index (χ3n) is 5.55. The molecule has 1 aliphatic heterocycles. The van der Waals surface area contributed by atoms with Gasteiger partial charge in [0.25, 0.3) is 0 Å². The lowest BCUT2D eigenvalue weighted by atomic mass is 9.93. The molecule has 3 rings (SSSR count). The molecule has 0 saturated carbocycles. The van der Waals surface area contributed by atoms with Crippen LogP contribution in [0.1, 0.15) is 30.5 Å². The highest BCUT2D eigenvalue weighted by atomic mass is 32.2. The molecule has 2 amide bonds. The Hall–Kier alpha value is -2.71. The lowest BCUT2D eigenvalue weighted by molar-refractivity contribution is -0.133. The number of hydrogen-bond donors (Lipinski definition) is 1. The van der Waals surface area contributed by atoms with Crippen LogP contribution in [0.3, 0.4) is 0 Å². The first-order valence-corrected chi connectivity index (χ1v) is 11.9. The number of carbonyl (C=O) groups is 2. The number of nitrogens with zero attached hydrogens (tertiary/aromatic N) is 2. The van der Waals surface area contributed by atoms with E-state index in [-0.39, 0.29) is 25.4 Å². The Bertz CT molecular complexity index is 1070. The zero-order chi connectivity index (χ0) is 22.8. The monoisotopic (exact) mass is 443 g/mol. The maximum absolute atomic E-state index is 13.4. The minimum absolute atomic E-state index is 0.109. The van der Waals surface area contributed by atoms with E-state index in [0.717, 1.165) is 21.0 Å². The first-order chi connectivity index (χ1) is 14.6. The average molecular weight is 444 g/mol. The number of nitrogens with one attached hydrogen (secondary N) is 1. The summed E-state index contributed by atoms with van der Waals surface area (Å²) in [5.41, 5.74) is 2.02.